The number of carbonyl (C=O) groups is 1. The predicted molar refractivity (Wildman–Crippen MR) is 119 cm³/mol. The molecule has 6 heteroatoms. The summed E-state index contributed by atoms with van der Waals surface area (Å²) in [7, 11) is 0. The molecule has 1 unspecified atom stereocenters. The number of hydrogen-bond donors (Lipinski definition) is 1. The van der Waals surface area contributed by atoms with Gasteiger partial charge in [0.05, 0.1) is 12.5 Å². The van der Waals surface area contributed by atoms with Crippen LogP contribution in [0.15, 0.2) is 66.0 Å². The largest absolute Gasteiger partial charge is 0.481 e. The first-order chi connectivity index (χ1) is 14.1. The summed E-state index contributed by atoms with van der Waals surface area (Å²) >= 11 is 8.07. The second kappa shape index (κ2) is 10.5. The Balaban J connectivity index is 1.87. The average Bonchev–Trinajstić information content (AvgIpc) is 3.09. The summed E-state index contributed by atoms with van der Waals surface area (Å²) in [6, 6.07) is 17.5. The molecule has 152 valence electrons. The fourth-order valence-electron chi connectivity index (χ4n) is 3.23. The van der Waals surface area contributed by atoms with Gasteiger partial charge in [0.1, 0.15) is 0 Å². The second-order valence-electron chi connectivity index (χ2n) is 6.99. The van der Waals surface area contributed by atoms with E-state index in [4.69, 9.17) is 11.6 Å². The molecule has 0 spiro atoms. The van der Waals surface area contributed by atoms with Crippen LogP contribution in [0.25, 0.3) is 0 Å². The molecule has 2 aromatic carbocycles. The molecule has 0 amide bonds. The molecule has 0 bridgehead atoms. The molecule has 0 aliphatic carbocycles. The van der Waals surface area contributed by atoms with Gasteiger partial charge in [0.2, 0.25) is 0 Å². The number of carboxylic acid groups (broad SMARTS) is 1. The van der Waals surface area contributed by atoms with E-state index in [0.717, 1.165) is 34.2 Å². The second-order valence-corrected chi connectivity index (χ2v) is 8.46. The van der Waals surface area contributed by atoms with Gasteiger partial charge in [-0.2, -0.15) is 0 Å². The minimum Gasteiger partial charge on any atom is -0.481 e. The van der Waals surface area contributed by atoms with Crippen LogP contribution in [-0.4, -0.2) is 26.4 Å². The normalized spacial score (nSPS) is 12.1. The zero-order valence-electron chi connectivity index (χ0n) is 16.4. The van der Waals surface area contributed by atoms with E-state index in [-0.39, 0.29) is 0 Å². The molecular weight excluding hydrogens is 404 g/mol. The molecule has 3 rings (SSSR count). The van der Waals surface area contributed by atoms with Gasteiger partial charge in [0.15, 0.2) is 5.16 Å². The van der Waals surface area contributed by atoms with E-state index in [1.54, 1.807) is 11.8 Å². The molecule has 29 heavy (non-hydrogen) atoms. The van der Waals surface area contributed by atoms with Crippen molar-refractivity contribution >= 4 is 29.3 Å². The summed E-state index contributed by atoms with van der Waals surface area (Å²) in [5.74, 6) is -0.337. The molecule has 0 fully saturated rings. The number of imidazole rings is 1. The van der Waals surface area contributed by atoms with E-state index >= 15 is 0 Å². The van der Waals surface area contributed by atoms with Crippen molar-refractivity contribution in [1.82, 2.24) is 9.55 Å². The third-order valence-corrected chi connectivity index (χ3v) is 6.32. The quantitative estimate of drug-likeness (QED) is 0.428. The molecule has 1 aromatic heterocycles. The van der Waals surface area contributed by atoms with Gasteiger partial charge in [-0.1, -0.05) is 78.8 Å². The SMILES string of the molecule is CCCSc1ncc(CC(Cc2ccccc2)C(=O)O)n1Cc1ccccc1Cl. The Morgan fingerprint density at radius 2 is 1.86 bits per heavy atom. The molecule has 0 radical (unpaired) electrons. The van der Waals surface area contributed by atoms with Crippen molar-refractivity contribution in [2.45, 2.75) is 37.9 Å². The summed E-state index contributed by atoms with van der Waals surface area (Å²) in [4.78, 5) is 16.5. The van der Waals surface area contributed by atoms with Crippen molar-refractivity contribution < 1.29 is 9.90 Å². The molecule has 0 saturated carbocycles. The van der Waals surface area contributed by atoms with Crippen LogP contribution in [0.1, 0.15) is 30.2 Å². The van der Waals surface area contributed by atoms with Gasteiger partial charge >= 0.3 is 5.97 Å². The lowest BCUT2D eigenvalue weighted by molar-refractivity contribution is -0.141. The Labute approximate surface area is 180 Å². The molecule has 1 N–H and O–H groups in total. The minimum atomic E-state index is -0.790. The highest BCUT2D eigenvalue weighted by Crippen LogP contribution is 2.26. The van der Waals surface area contributed by atoms with Crippen LogP contribution in [0.5, 0.6) is 0 Å². The predicted octanol–water partition coefficient (Wildman–Crippen LogP) is 5.57. The molecule has 4 nitrogen and oxygen atoms in total. The highest BCUT2D eigenvalue weighted by Gasteiger charge is 2.22. The fraction of sp³-hybridized carbons (Fsp3) is 0.304. The first kappa shape index (κ1) is 21.5. The number of rotatable bonds is 10. The average molecular weight is 429 g/mol. The summed E-state index contributed by atoms with van der Waals surface area (Å²) in [5.41, 5.74) is 2.95. The zero-order chi connectivity index (χ0) is 20.6. The third-order valence-electron chi connectivity index (χ3n) is 4.75. The lowest BCUT2D eigenvalue weighted by Gasteiger charge is -2.16. The summed E-state index contributed by atoms with van der Waals surface area (Å²) < 4.78 is 2.11. The van der Waals surface area contributed by atoms with E-state index in [9.17, 15) is 9.90 Å². The van der Waals surface area contributed by atoms with E-state index in [0.29, 0.717) is 24.4 Å². The van der Waals surface area contributed by atoms with Gasteiger partial charge < -0.3 is 9.67 Å². The van der Waals surface area contributed by atoms with E-state index in [1.165, 1.54) is 0 Å². The van der Waals surface area contributed by atoms with Gasteiger partial charge in [-0.25, -0.2) is 4.98 Å². The smallest absolute Gasteiger partial charge is 0.307 e. The maximum atomic E-state index is 12.0. The molecule has 0 aliphatic heterocycles. The van der Waals surface area contributed by atoms with Gasteiger partial charge in [0, 0.05) is 29.1 Å². The minimum absolute atomic E-state index is 0.425. The van der Waals surface area contributed by atoms with Crippen LogP contribution in [0.3, 0.4) is 0 Å². The van der Waals surface area contributed by atoms with Crippen LogP contribution < -0.4 is 0 Å². The highest BCUT2D eigenvalue weighted by atomic mass is 35.5. The van der Waals surface area contributed by atoms with Crippen LogP contribution >= 0.6 is 23.4 Å². The molecule has 3 aromatic rings. The fourth-order valence-corrected chi connectivity index (χ4v) is 4.27. The van der Waals surface area contributed by atoms with Gasteiger partial charge in [0.25, 0.3) is 0 Å². The Morgan fingerprint density at radius 3 is 2.55 bits per heavy atom. The van der Waals surface area contributed by atoms with Gasteiger partial charge in [-0.05, 0) is 30.0 Å². The Kier molecular flexibility index (Phi) is 7.78. The Bertz CT molecular complexity index is 943. The van der Waals surface area contributed by atoms with Crippen molar-refractivity contribution in [2.24, 2.45) is 5.92 Å². The van der Waals surface area contributed by atoms with Crippen molar-refractivity contribution in [3.63, 3.8) is 0 Å². The van der Waals surface area contributed by atoms with Crippen LogP contribution in [0.4, 0.5) is 0 Å². The maximum Gasteiger partial charge on any atom is 0.307 e. The molecular formula is C23H25ClN2O2S. The van der Waals surface area contributed by atoms with E-state index in [2.05, 4.69) is 16.5 Å². The van der Waals surface area contributed by atoms with E-state index < -0.39 is 11.9 Å². The number of aliphatic carboxylic acids is 1. The number of nitrogens with zero attached hydrogens (tertiary/aromatic N) is 2. The Hall–Kier alpha value is -2.24. The topological polar surface area (TPSA) is 55.1 Å². The van der Waals surface area contributed by atoms with Crippen LogP contribution in [0, 0.1) is 5.92 Å². The first-order valence-corrected chi connectivity index (χ1v) is 11.1. The number of hydrogen-bond acceptors (Lipinski definition) is 3. The van der Waals surface area contributed by atoms with Gasteiger partial charge in [-0.15, -0.1) is 0 Å². The maximum absolute atomic E-state index is 12.0. The number of benzene rings is 2. The van der Waals surface area contributed by atoms with Crippen molar-refractivity contribution in [2.75, 3.05) is 5.75 Å². The summed E-state index contributed by atoms with van der Waals surface area (Å²) in [5, 5.41) is 11.4. The number of halogens is 1. The Morgan fingerprint density at radius 1 is 1.14 bits per heavy atom. The summed E-state index contributed by atoms with van der Waals surface area (Å²) in [6.45, 7) is 2.72. The number of aromatic nitrogens is 2. The zero-order valence-corrected chi connectivity index (χ0v) is 18.0. The molecule has 0 saturated heterocycles. The van der Waals surface area contributed by atoms with Crippen molar-refractivity contribution in [3.8, 4) is 0 Å². The standard InChI is InChI=1S/C23H25ClN2O2S/c1-2-12-29-23-25-15-20(26(23)16-18-10-6-7-11-21(18)24)14-19(22(27)28)13-17-8-4-3-5-9-17/h3-11,15,19H,2,12-14,16H2,1H3,(H,27,28). The number of thioether (sulfide) groups is 1. The van der Waals surface area contributed by atoms with Gasteiger partial charge in [-0.3, -0.25) is 4.79 Å². The van der Waals surface area contributed by atoms with Crippen molar-refractivity contribution in [3.05, 3.63) is 82.6 Å². The monoisotopic (exact) mass is 428 g/mol. The first-order valence-electron chi connectivity index (χ1n) is 9.75. The molecule has 1 atom stereocenters. The van der Waals surface area contributed by atoms with E-state index in [1.807, 2.05) is 60.8 Å². The lowest BCUT2D eigenvalue weighted by Crippen LogP contribution is -2.21. The third kappa shape index (κ3) is 5.87. The van der Waals surface area contributed by atoms with Crippen molar-refractivity contribution in [1.29, 1.82) is 0 Å². The van der Waals surface area contributed by atoms with Crippen LogP contribution in [-0.2, 0) is 24.2 Å². The van der Waals surface area contributed by atoms with Crippen LogP contribution in [0.2, 0.25) is 5.02 Å². The summed E-state index contributed by atoms with van der Waals surface area (Å²) in [6.07, 6.45) is 3.78. The number of carboxylic acids is 1. The highest BCUT2D eigenvalue weighted by molar-refractivity contribution is 7.99. The molecule has 1 heterocycles. The molecule has 0 aliphatic rings. The lowest BCUT2D eigenvalue weighted by atomic mass is 9.95.